The van der Waals surface area contributed by atoms with Crippen LogP contribution in [0.3, 0.4) is 0 Å². The van der Waals surface area contributed by atoms with Crippen molar-refractivity contribution < 1.29 is 28.7 Å². The average Bonchev–Trinajstić information content (AvgIpc) is 2.14. The maximum atomic E-state index is 11.3. The van der Waals surface area contributed by atoms with E-state index in [1.165, 1.54) is 18.3 Å². The number of hydrogen-bond donors (Lipinski definition) is 4. The Morgan fingerprint density at radius 2 is 1.69 bits per heavy atom. The molecule has 0 aliphatic carbocycles. The molecule has 16 heavy (non-hydrogen) atoms. The molecule has 1 aromatic rings. The number of rotatable bonds is 3. The second kappa shape index (κ2) is 4.04. The van der Waals surface area contributed by atoms with Gasteiger partial charge < -0.3 is 19.6 Å². The van der Waals surface area contributed by atoms with Crippen LogP contribution in [0.1, 0.15) is 12.5 Å². The van der Waals surface area contributed by atoms with E-state index in [9.17, 15) is 9.13 Å². The molecule has 0 atom stereocenters. The molecule has 0 bridgehead atoms. The zero-order valence-electron chi connectivity index (χ0n) is 8.26. The number of aromatic nitrogens is 1. The quantitative estimate of drug-likeness (QED) is 0.590. The van der Waals surface area contributed by atoms with E-state index in [-0.39, 0.29) is 5.56 Å². The first-order valence-corrected chi connectivity index (χ1v) is 7.35. The Balaban J connectivity index is 3.52. The van der Waals surface area contributed by atoms with E-state index in [0.29, 0.717) is 0 Å². The summed E-state index contributed by atoms with van der Waals surface area (Å²) in [7, 11) is -10.1. The molecule has 0 unspecified atom stereocenters. The molecule has 4 N–H and O–H groups in total. The normalized spacial score (nSPS) is 13.8. The SMILES string of the molecule is CC(c1cccnc1)(P(=O)(O)O)P(=O)(O)O. The van der Waals surface area contributed by atoms with Gasteiger partial charge in [0.05, 0.1) is 0 Å². The Hall–Kier alpha value is -0.550. The van der Waals surface area contributed by atoms with Gasteiger partial charge in [0.25, 0.3) is 0 Å². The molecular formula is C7H11NO6P2. The lowest BCUT2D eigenvalue weighted by Gasteiger charge is -2.30. The van der Waals surface area contributed by atoms with Crippen molar-refractivity contribution in [1.82, 2.24) is 4.98 Å². The molecule has 0 fully saturated rings. The van der Waals surface area contributed by atoms with Gasteiger partial charge in [-0.3, -0.25) is 14.1 Å². The van der Waals surface area contributed by atoms with Crippen LogP contribution in [0.5, 0.6) is 0 Å². The zero-order valence-corrected chi connectivity index (χ0v) is 10.0. The summed E-state index contributed by atoms with van der Waals surface area (Å²) in [6, 6.07) is 2.56. The first-order chi connectivity index (χ1) is 7.11. The van der Waals surface area contributed by atoms with Gasteiger partial charge in [-0.05, 0) is 13.0 Å². The van der Waals surface area contributed by atoms with Gasteiger partial charge in [0.2, 0.25) is 0 Å². The third-order valence-electron chi connectivity index (χ3n) is 2.34. The van der Waals surface area contributed by atoms with Crippen LogP contribution in [0.4, 0.5) is 0 Å². The fourth-order valence-corrected chi connectivity index (χ4v) is 3.44. The highest BCUT2D eigenvalue weighted by molar-refractivity contribution is 7.71. The molecule has 0 saturated carbocycles. The molecular weight excluding hydrogens is 256 g/mol. The van der Waals surface area contributed by atoms with Crippen LogP contribution in [0.15, 0.2) is 24.5 Å². The van der Waals surface area contributed by atoms with Gasteiger partial charge in [-0.2, -0.15) is 0 Å². The first-order valence-electron chi connectivity index (χ1n) is 4.12. The van der Waals surface area contributed by atoms with Crippen LogP contribution < -0.4 is 0 Å². The highest BCUT2D eigenvalue weighted by Gasteiger charge is 2.57. The molecule has 1 rings (SSSR count). The number of pyridine rings is 1. The lowest BCUT2D eigenvalue weighted by atomic mass is 10.2. The molecule has 0 aliphatic heterocycles. The minimum absolute atomic E-state index is 0.198. The zero-order chi connectivity index (χ0) is 12.6. The standard InChI is InChI=1S/C7H11NO6P2/c1-7(15(9,10)11,16(12,13)14)6-3-2-4-8-5-6/h2-5H,1H3,(H2,9,10,11)(H2,12,13,14). The number of nitrogens with zero attached hydrogens (tertiary/aromatic N) is 1. The summed E-state index contributed by atoms with van der Waals surface area (Å²) in [5.74, 6) is 0. The average molecular weight is 267 g/mol. The molecule has 90 valence electrons. The summed E-state index contributed by atoms with van der Waals surface area (Å²) in [5.41, 5.74) is -0.198. The lowest BCUT2D eigenvalue weighted by molar-refractivity contribution is 0.314. The van der Waals surface area contributed by atoms with E-state index in [2.05, 4.69) is 4.98 Å². The highest BCUT2D eigenvalue weighted by Crippen LogP contribution is 2.74. The van der Waals surface area contributed by atoms with Crippen LogP contribution in [-0.2, 0) is 14.0 Å². The molecule has 0 radical (unpaired) electrons. The van der Waals surface area contributed by atoms with Crippen molar-refractivity contribution in [3.05, 3.63) is 30.1 Å². The van der Waals surface area contributed by atoms with Gasteiger partial charge in [-0.25, -0.2) is 0 Å². The van der Waals surface area contributed by atoms with Crippen molar-refractivity contribution in [3.63, 3.8) is 0 Å². The van der Waals surface area contributed by atoms with E-state index in [1.807, 2.05) is 0 Å². The van der Waals surface area contributed by atoms with Gasteiger partial charge in [-0.1, -0.05) is 6.07 Å². The van der Waals surface area contributed by atoms with Crippen LogP contribution >= 0.6 is 15.2 Å². The summed E-state index contributed by atoms with van der Waals surface area (Å²) >= 11 is 0. The lowest BCUT2D eigenvalue weighted by Crippen LogP contribution is -2.22. The smallest absolute Gasteiger partial charge is 0.323 e. The Morgan fingerprint density at radius 1 is 1.19 bits per heavy atom. The molecule has 0 aromatic carbocycles. The van der Waals surface area contributed by atoms with Crippen molar-refractivity contribution in [2.75, 3.05) is 0 Å². The molecule has 0 spiro atoms. The Kier molecular flexibility index (Phi) is 3.41. The predicted molar refractivity (Wildman–Crippen MR) is 55.7 cm³/mol. The van der Waals surface area contributed by atoms with Crippen molar-refractivity contribution in [1.29, 1.82) is 0 Å². The van der Waals surface area contributed by atoms with Gasteiger partial charge >= 0.3 is 15.2 Å². The highest BCUT2D eigenvalue weighted by atomic mass is 31.2. The summed E-state index contributed by atoms with van der Waals surface area (Å²) in [5, 5.41) is 0. The molecule has 0 aliphatic rings. The van der Waals surface area contributed by atoms with E-state index in [0.717, 1.165) is 13.1 Å². The van der Waals surface area contributed by atoms with E-state index in [4.69, 9.17) is 19.6 Å². The topological polar surface area (TPSA) is 128 Å². The summed E-state index contributed by atoms with van der Waals surface area (Å²) in [6.45, 7) is 0.825. The summed E-state index contributed by atoms with van der Waals surface area (Å²) < 4.78 is 22.5. The minimum atomic E-state index is -5.03. The molecule has 0 amide bonds. The van der Waals surface area contributed by atoms with Crippen molar-refractivity contribution >= 4 is 15.2 Å². The molecule has 7 nitrogen and oxygen atoms in total. The Morgan fingerprint density at radius 3 is 2.00 bits per heavy atom. The van der Waals surface area contributed by atoms with Crippen molar-refractivity contribution in [2.24, 2.45) is 0 Å². The summed E-state index contributed by atoms with van der Waals surface area (Å²) in [6.07, 6.45) is 2.36. The van der Waals surface area contributed by atoms with Gasteiger partial charge in [-0.15, -0.1) is 0 Å². The molecule has 1 aromatic heterocycles. The third-order valence-corrected chi connectivity index (χ3v) is 6.69. The fraction of sp³-hybridized carbons (Fsp3) is 0.286. The third kappa shape index (κ3) is 2.11. The monoisotopic (exact) mass is 267 g/mol. The second-order valence-electron chi connectivity index (χ2n) is 3.35. The fourth-order valence-electron chi connectivity index (χ4n) is 1.15. The van der Waals surface area contributed by atoms with Crippen LogP contribution in [0.25, 0.3) is 0 Å². The van der Waals surface area contributed by atoms with Gasteiger partial charge in [0.15, 0.2) is 4.90 Å². The minimum Gasteiger partial charge on any atom is -0.323 e. The maximum absolute atomic E-state index is 11.3. The molecule has 0 saturated heterocycles. The largest absolute Gasteiger partial charge is 0.347 e. The molecule has 1 heterocycles. The Bertz CT molecular complexity index is 441. The van der Waals surface area contributed by atoms with Crippen molar-refractivity contribution in [3.8, 4) is 0 Å². The van der Waals surface area contributed by atoms with Gasteiger partial charge in [0.1, 0.15) is 0 Å². The van der Waals surface area contributed by atoms with Crippen LogP contribution in [-0.4, -0.2) is 24.6 Å². The van der Waals surface area contributed by atoms with E-state index in [1.54, 1.807) is 0 Å². The molecule has 9 heteroatoms. The van der Waals surface area contributed by atoms with Gasteiger partial charge in [0, 0.05) is 18.0 Å². The predicted octanol–water partition coefficient (Wildman–Crippen LogP) is 0.610. The van der Waals surface area contributed by atoms with Crippen LogP contribution in [0.2, 0.25) is 0 Å². The summed E-state index contributed by atoms with van der Waals surface area (Å²) in [4.78, 5) is 37.5. The van der Waals surface area contributed by atoms with E-state index < -0.39 is 20.1 Å². The number of hydrogen-bond acceptors (Lipinski definition) is 3. The Labute approximate surface area is 91.5 Å². The van der Waals surface area contributed by atoms with E-state index >= 15 is 0 Å². The van der Waals surface area contributed by atoms with Crippen LogP contribution in [0, 0.1) is 0 Å². The maximum Gasteiger partial charge on any atom is 0.347 e. The van der Waals surface area contributed by atoms with Crippen molar-refractivity contribution in [2.45, 2.75) is 11.8 Å². The second-order valence-corrected chi connectivity index (χ2v) is 7.67. The first kappa shape index (κ1) is 13.5.